The number of carbonyl (C=O) groups excluding carboxylic acids is 2. The summed E-state index contributed by atoms with van der Waals surface area (Å²) in [6.07, 6.45) is 0.886. The van der Waals surface area contributed by atoms with E-state index < -0.39 is 28.9 Å². The molecule has 9 heteroatoms. The van der Waals surface area contributed by atoms with E-state index >= 15 is 0 Å². The summed E-state index contributed by atoms with van der Waals surface area (Å²) in [7, 11) is 0. The zero-order valence-corrected chi connectivity index (χ0v) is 17.0. The van der Waals surface area contributed by atoms with Crippen molar-refractivity contribution in [2.75, 3.05) is 26.3 Å². The molecule has 31 heavy (non-hydrogen) atoms. The second-order valence-corrected chi connectivity index (χ2v) is 7.03. The van der Waals surface area contributed by atoms with Gasteiger partial charge < -0.3 is 19.7 Å². The average molecular weight is 436 g/mol. The van der Waals surface area contributed by atoms with Gasteiger partial charge in [-0.3, -0.25) is 9.59 Å². The van der Waals surface area contributed by atoms with Crippen molar-refractivity contribution in [3.63, 3.8) is 0 Å². The predicted molar refractivity (Wildman–Crippen MR) is 106 cm³/mol. The van der Waals surface area contributed by atoms with Crippen LogP contribution in [0.3, 0.4) is 0 Å². The lowest BCUT2D eigenvalue weighted by molar-refractivity contribution is -0.124. The molecule has 0 unspecified atom stereocenters. The quantitative estimate of drug-likeness (QED) is 0.677. The molecule has 0 aliphatic carbocycles. The number of likely N-dealkylation sites (tertiary alicyclic amines) is 1. The second-order valence-electron chi connectivity index (χ2n) is 7.03. The van der Waals surface area contributed by atoms with Gasteiger partial charge in [0.15, 0.2) is 35.6 Å². The Morgan fingerprint density at radius 3 is 2.29 bits per heavy atom. The first-order chi connectivity index (χ1) is 14.9. The highest BCUT2D eigenvalue weighted by atomic mass is 19.2. The maximum absolute atomic E-state index is 13.9. The maximum Gasteiger partial charge on any atom is 0.258 e. The zero-order chi connectivity index (χ0) is 22.4. The molecule has 2 amide bonds. The van der Waals surface area contributed by atoms with Crippen LogP contribution in [-0.2, 0) is 4.79 Å². The fraction of sp³-hybridized carbons (Fsp3) is 0.364. The Balaban J connectivity index is 1.48. The number of piperidine rings is 1. The molecular formula is C22H23F3N2O4. The lowest BCUT2D eigenvalue weighted by atomic mass is 10.0. The molecule has 1 fully saturated rings. The number of benzene rings is 2. The van der Waals surface area contributed by atoms with Crippen LogP contribution in [0.4, 0.5) is 13.2 Å². The fourth-order valence-electron chi connectivity index (χ4n) is 3.35. The second kappa shape index (κ2) is 10.2. The topological polar surface area (TPSA) is 67.9 Å². The molecule has 2 aromatic rings. The van der Waals surface area contributed by atoms with E-state index in [1.807, 2.05) is 6.92 Å². The smallest absolute Gasteiger partial charge is 0.258 e. The molecule has 1 N–H and O–H groups in total. The molecule has 1 aliphatic rings. The van der Waals surface area contributed by atoms with Gasteiger partial charge in [-0.2, -0.15) is 0 Å². The van der Waals surface area contributed by atoms with E-state index in [0.717, 1.165) is 12.1 Å². The van der Waals surface area contributed by atoms with Crippen molar-refractivity contribution in [1.82, 2.24) is 10.2 Å². The molecule has 6 nitrogen and oxygen atoms in total. The molecule has 3 rings (SSSR count). The van der Waals surface area contributed by atoms with Crippen molar-refractivity contribution in [3.05, 3.63) is 59.4 Å². The van der Waals surface area contributed by atoms with Gasteiger partial charge in [-0.25, -0.2) is 13.2 Å². The van der Waals surface area contributed by atoms with Gasteiger partial charge in [-0.1, -0.05) is 12.1 Å². The summed E-state index contributed by atoms with van der Waals surface area (Å²) in [6.45, 7) is 2.62. The summed E-state index contributed by atoms with van der Waals surface area (Å²) in [5, 5.41) is 2.84. The van der Waals surface area contributed by atoms with Crippen molar-refractivity contribution >= 4 is 11.8 Å². The fourth-order valence-corrected chi connectivity index (χ4v) is 3.35. The highest BCUT2D eigenvalue weighted by Gasteiger charge is 2.28. The first kappa shape index (κ1) is 22.5. The minimum atomic E-state index is -1.67. The van der Waals surface area contributed by atoms with Crippen LogP contribution in [-0.4, -0.2) is 49.1 Å². The lowest BCUT2D eigenvalue weighted by Gasteiger charge is -2.32. The molecule has 1 heterocycles. The third kappa shape index (κ3) is 5.48. The van der Waals surface area contributed by atoms with Crippen molar-refractivity contribution in [1.29, 1.82) is 0 Å². The molecule has 0 radical (unpaired) electrons. The standard InChI is InChI=1S/C22H23F3N2O4/c1-2-30-17-5-3-4-6-18(17)31-13-19(28)26-14-9-11-27(12-10-14)22(29)15-7-8-16(23)21(25)20(15)24/h3-8,14H,2,9-13H2,1H3,(H,26,28). The Bertz CT molecular complexity index is 946. The van der Waals surface area contributed by atoms with E-state index in [9.17, 15) is 22.8 Å². The largest absolute Gasteiger partial charge is 0.490 e. The van der Waals surface area contributed by atoms with Crippen LogP contribution in [0.15, 0.2) is 36.4 Å². The highest BCUT2D eigenvalue weighted by molar-refractivity contribution is 5.94. The van der Waals surface area contributed by atoms with Crippen LogP contribution in [0.1, 0.15) is 30.1 Å². The van der Waals surface area contributed by atoms with E-state index in [1.165, 1.54) is 4.90 Å². The first-order valence-corrected chi connectivity index (χ1v) is 9.97. The minimum absolute atomic E-state index is 0.183. The molecule has 1 aliphatic heterocycles. The summed E-state index contributed by atoms with van der Waals surface area (Å²) >= 11 is 0. The van der Waals surface area contributed by atoms with Crippen molar-refractivity contribution in [2.24, 2.45) is 0 Å². The SMILES string of the molecule is CCOc1ccccc1OCC(=O)NC1CCN(C(=O)c2ccc(F)c(F)c2F)CC1. The number of carbonyl (C=O) groups is 2. The number of para-hydroxylation sites is 2. The molecule has 0 saturated carbocycles. The van der Waals surface area contributed by atoms with E-state index in [4.69, 9.17) is 9.47 Å². The number of rotatable bonds is 7. The van der Waals surface area contributed by atoms with Crippen LogP contribution >= 0.6 is 0 Å². The predicted octanol–water partition coefficient (Wildman–Crippen LogP) is 3.30. The molecule has 1 saturated heterocycles. The number of amides is 2. The minimum Gasteiger partial charge on any atom is -0.490 e. The molecule has 166 valence electrons. The Hall–Kier alpha value is -3.23. The van der Waals surface area contributed by atoms with E-state index in [2.05, 4.69) is 5.32 Å². The molecule has 2 aromatic carbocycles. The highest BCUT2D eigenvalue weighted by Crippen LogP contribution is 2.26. The van der Waals surface area contributed by atoms with Crippen molar-refractivity contribution in [2.45, 2.75) is 25.8 Å². The van der Waals surface area contributed by atoms with Crippen LogP contribution in [0.2, 0.25) is 0 Å². The maximum atomic E-state index is 13.9. The number of hydrogen-bond donors (Lipinski definition) is 1. The molecule has 0 bridgehead atoms. The number of halogens is 3. The molecule has 0 aromatic heterocycles. The van der Waals surface area contributed by atoms with E-state index in [-0.39, 0.29) is 31.6 Å². The van der Waals surface area contributed by atoms with E-state index in [1.54, 1.807) is 24.3 Å². The summed E-state index contributed by atoms with van der Waals surface area (Å²) in [6, 6.07) is 8.51. The zero-order valence-electron chi connectivity index (χ0n) is 17.0. The van der Waals surface area contributed by atoms with E-state index in [0.29, 0.717) is 30.9 Å². The van der Waals surface area contributed by atoms with Crippen LogP contribution in [0, 0.1) is 17.5 Å². The molecule has 0 spiro atoms. The summed E-state index contributed by atoms with van der Waals surface area (Å²) in [5.41, 5.74) is -0.511. The van der Waals surface area contributed by atoms with Gasteiger partial charge in [0.2, 0.25) is 0 Å². The van der Waals surface area contributed by atoms with Crippen LogP contribution in [0.25, 0.3) is 0 Å². The number of nitrogens with one attached hydrogen (secondary N) is 1. The molecular weight excluding hydrogens is 413 g/mol. The lowest BCUT2D eigenvalue weighted by Crippen LogP contribution is -2.47. The van der Waals surface area contributed by atoms with Crippen LogP contribution in [0.5, 0.6) is 11.5 Å². The Morgan fingerprint density at radius 2 is 1.65 bits per heavy atom. The molecule has 0 atom stereocenters. The Kier molecular flexibility index (Phi) is 7.38. The van der Waals surface area contributed by atoms with Crippen LogP contribution < -0.4 is 14.8 Å². The van der Waals surface area contributed by atoms with Gasteiger partial charge in [0.05, 0.1) is 12.2 Å². The van der Waals surface area contributed by atoms with Crippen molar-refractivity contribution < 1.29 is 32.2 Å². The number of hydrogen-bond acceptors (Lipinski definition) is 4. The Morgan fingerprint density at radius 1 is 1.00 bits per heavy atom. The van der Waals surface area contributed by atoms with Crippen molar-refractivity contribution in [3.8, 4) is 11.5 Å². The van der Waals surface area contributed by atoms with Gasteiger partial charge in [0.25, 0.3) is 11.8 Å². The monoisotopic (exact) mass is 436 g/mol. The normalized spacial score (nSPS) is 14.3. The van der Waals surface area contributed by atoms with Gasteiger partial charge >= 0.3 is 0 Å². The van der Waals surface area contributed by atoms with Gasteiger partial charge in [0.1, 0.15) is 0 Å². The number of nitrogens with zero attached hydrogens (tertiary/aromatic N) is 1. The van der Waals surface area contributed by atoms with Gasteiger partial charge in [0, 0.05) is 19.1 Å². The third-order valence-corrected chi connectivity index (χ3v) is 4.92. The number of ether oxygens (including phenoxy) is 2. The van der Waals surface area contributed by atoms with Gasteiger partial charge in [-0.05, 0) is 44.0 Å². The Labute approximate surface area is 177 Å². The summed E-state index contributed by atoms with van der Waals surface area (Å²) in [4.78, 5) is 26.0. The third-order valence-electron chi connectivity index (χ3n) is 4.92. The van der Waals surface area contributed by atoms with Gasteiger partial charge in [-0.15, -0.1) is 0 Å². The average Bonchev–Trinajstić information content (AvgIpc) is 2.77. The first-order valence-electron chi connectivity index (χ1n) is 9.97. The summed E-state index contributed by atoms with van der Waals surface area (Å²) < 4.78 is 51.3. The summed E-state index contributed by atoms with van der Waals surface area (Å²) in [5.74, 6) is -4.52.